The number of rotatable bonds is 16. The van der Waals surface area contributed by atoms with E-state index in [1.807, 2.05) is 13.8 Å². The van der Waals surface area contributed by atoms with Crippen molar-refractivity contribution in [3.05, 3.63) is 83.0 Å². The molecule has 0 aliphatic carbocycles. The molecule has 2 aromatic rings. The first-order chi connectivity index (χ1) is 19.5. The van der Waals surface area contributed by atoms with Crippen LogP contribution in [-0.2, 0) is 14.3 Å². The minimum Gasteiger partial charge on any atom is -0.381 e. The lowest BCUT2D eigenvalue weighted by Gasteiger charge is -2.15. The van der Waals surface area contributed by atoms with Crippen molar-refractivity contribution in [2.45, 2.75) is 53.4 Å². The van der Waals surface area contributed by atoms with E-state index in [-0.39, 0.29) is 71.1 Å². The van der Waals surface area contributed by atoms with Gasteiger partial charge in [0.2, 0.25) is 0 Å². The zero-order valence-electron chi connectivity index (χ0n) is 24.0. The molecule has 2 N–H and O–H groups in total. The van der Waals surface area contributed by atoms with Crippen molar-refractivity contribution in [2.24, 2.45) is 0 Å². The summed E-state index contributed by atoms with van der Waals surface area (Å²) in [6.45, 7) is 14.8. The van der Waals surface area contributed by atoms with Gasteiger partial charge in [0, 0.05) is 48.4 Å². The number of benzene rings is 2. The van der Waals surface area contributed by atoms with Crippen molar-refractivity contribution in [2.75, 3.05) is 23.7 Å². The summed E-state index contributed by atoms with van der Waals surface area (Å²) in [4.78, 5) is 77.2. The highest BCUT2D eigenvalue weighted by Crippen LogP contribution is 2.26. The zero-order chi connectivity index (χ0) is 30.7. The van der Waals surface area contributed by atoms with E-state index in [1.54, 1.807) is 38.1 Å². The van der Waals surface area contributed by atoms with E-state index in [0.717, 1.165) is 0 Å². The Labute approximate surface area is 240 Å². The van der Waals surface area contributed by atoms with Gasteiger partial charge in [0.1, 0.15) is 0 Å². The van der Waals surface area contributed by atoms with E-state index in [2.05, 4.69) is 23.8 Å². The maximum Gasteiger partial charge on any atom is 0.387 e. The summed E-state index contributed by atoms with van der Waals surface area (Å²) < 4.78 is 4.72. The molecule has 0 unspecified atom stereocenters. The number of hydrogen-bond donors (Lipinski definition) is 2. The molecule has 0 fully saturated rings. The summed E-state index contributed by atoms with van der Waals surface area (Å²) in [5.74, 6) is -6.01. The highest BCUT2D eigenvalue weighted by Gasteiger charge is 2.30. The van der Waals surface area contributed by atoms with Crippen LogP contribution in [0.25, 0.3) is 0 Å². The maximum absolute atomic E-state index is 13.2. The monoisotopic (exact) mass is 560 g/mol. The first kappa shape index (κ1) is 32.6. The van der Waals surface area contributed by atoms with Gasteiger partial charge in [-0.05, 0) is 62.1 Å². The molecule has 0 bridgehead atoms. The van der Waals surface area contributed by atoms with Crippen molar-refractivity contribution in [1.29, 1.82) is 0 Å². The number of aryl methyl sites for hydroxylation is 2. The smallest absolute Gasteiger partial charge is 0.381 e. The third kappa shape index (κ3) is 8.17. The van der Waals surface area contributed by atoms with Crippen LogP contribution >= 0.6 is 0 Å². The lowest BCUT2D eigenvalue weighted by atomic mass is 9.95. The molecule has 9 nitrogen and oxygen atoms in total. The van der Waals surface area contributed by atoms with Gasteiger partial charge in [-0.3, -0.25) is 19.2 Å². The Bertz CT molecular complexity index is 1300. The summed E-state index contributed by atoms with van der Waals surface area (Å²) in [5.41, 5.74) is 1.83. The number of esters is 2. The summed E-state index contributed by atoms with van der Waals surface area (Å²) in [6.07, 6.45) is 4.74. The van der Waals surface area contributed by atoms with Crippen molar-refractivity contribution < 1.29 is 33.5 Å². The van der Waals surface area contributed by atoms with Crippen molar-refractivity contribution in [1.82, 2.24) is 0 Å². The van der Waals surface area contributed by atoms with Gasteiger partial charge in [0.05, 0.1) is 11.1 Å². The van der Waals surface area contributed by atoms with Crippen LogP contribution in [0, 0.1) is 13.8 Å². The first-order valence-corrected chi connectivity index (χ1v) is 13.4. The largest absolute Gasteiger partial charge is 0.387 e. The molecule has 0 radical (unpaired) electrons. The van der Waals surface area contributed by atoms with Gasteiger partial charge in [-0.2, -0.15) is 0 Å². The number of carbonyl (C=O) groups is 6. The summed E-state index contributed by atoms with van der Waals surface area (Å²) in [7, 11) is 0. The van der Waals surface area contributed by atoms with Gasteiger partial charge in [-0.25, -0.2) is 9.59 Å². The fourth-order valence-corrected chi connectivity index (χ4v) is 4.17. The van der Waals surface area contributed by atoms with E-state index in [1.165, 1.54) is 12.1 Å². The second kappa shape index (κ2) is 15.2. The van der Waals surface area contributed by atoms with Gasteiger partial charge >= 0.3 is 11.9 Å². The van der Waals surface area contributed by atoms with E-state index >= 15 is 0 Å². The second-order valence-corrected chi connectivity index (χ2v) is 9.45. The number of ether oxygens (including phenoxy) is 1. The Morgan fingerprint density at radius 3 is 1.34 bits per heavy atom. The van der Waals surface area contributed by atoms with Gasteiger partial charge in [0.15, 0.2) is 11.6 Å². The molecule has 0 saturated carbocycles. The fourth-order valence-electron chi connectivity index (χ4n) is 4.17. The van der Waals surface area contributed by atoms with Crippen LogP contribution in [0.3, 0.4) is 0 Å². The van der Waals surface area contributed by atoms with Crippen LogP contribution in [-0.4, -0.2) is 48.2 Å². The van der Waals surface area contributed by atoms with Gasteiger partial charge < -0.3 is 15.4 Å². The maximum atomic E-state index is 13.2. The Kier molecular flexibility index (Phi) is 12.1. The second-order valence-electron chi connectivity index (χ2n) is 9.45. The third-order valence-electron chi connectivity index (χ3n) is 6.20. The predicted octanol–water partition coefficient (Wildman–Crippen LogP) is 5.60. The minimum atomic E-state index is -1.59. The molecule has 216 valence electrons. The number of Topliss-reactive ketones (excluding diaryl/α,β-unsaturated/α-hetero) is 4. The molecular weight excluding hydrogens is 524 g/mol. The molecule has 2 aromatic carbocycles. The Hall–Kier alpha value is -4.66. The van der Waals surface area contributed by atoms with Crippen LogP contribution in [0.5, 0.6) is 0 Å². The zero-order valence-corrected chi connectivity index (χ0v) is 24.0. The van der Waals surface area contributed by atoms with Crippen molar-refractivity contribution >= 4 is 46.4 Å². The molecule has 0 aliphatic rings. The summed E-state index contributed by atoms with van der Waals surface area (Å²) in [6, 6.07) is 5.69. The molecule has 2 rings (SSSR count). The lowest BCUT2D eigenvalue weighted by molar-refractivity contribution is -0.152. The normalized spacial score (nSPS) is 10.3. The van der Waals surface area contributed by atoms with E-state index in [0.29, 0.717) is 24.0 Å². The Morgan fingerprint density at radius 2 is 1.02 bits per heavy atom. The highest BCUT2D eigenvalue weighted by atomic mass is 16.6. The van der Waals surface area contributed by atoms with Gasteiger partial charge in [-0.1, -0.05) is 26.0 Å². The topological polar surface area (TPSA) is 136 Å². The predicted molar refractivity (Wildman–Crippen MR) is 158 cm³/mol. The molecule has 41 heavy (non-hydrogen) atoms. The lowest BCUT2D eigenvalue weighted by Crippen LogP contribution is -2.28. The van der Waals surface area contributed by atoms with Crippen LogP contribution in [0.15, 0.2) is 49.6 Å². The van der Waals surface area contributed by atoms with Crippen molar-refractivity contribution in [3.8, 4) is 0 Å². The number of nitrogens with one attached hydrogen (secondary N) is 2. The Morgan fingerprint density at radius 1 is 0.659 bits per heavy atom. The number of ketones is 4. The van der Waals surface area contributed by atoms with Gasteiger partial charge in [0.25, 0.3) is 11.6 Å². The average Bonchev–Trinajstić information content (AvgIpc) is 2.94. The highest BCUT2D eigenvalue weighted by molar-refractivity contribution is 6.49. The molecule has 0 aliphatic heterocycles. The molecular formula is C32H36N2O7. The number of anilines is 2. The van der Waals surface area contributed by atoms with Gasteiger partial charge in [-0.15, -0.1) is 13.2 Å². The Balaban J connectivity index is 2.43. The molecule has 0 aromatic heterocycles. The molecule has 0 amide bonds. The fraction of sp³-hybridized carbons (Fsp3) is 0.312. The third-order valence-corrected chi connectivity index (χ3v) is 6.20. The van der Waals surface area contributed by atoms with Crippen LogP contribution in [0.4, 0.5) is 11.4 Å². The SMILES string of the molecule is C=CCNc1cc(C)c(C(=O)CCC)cc1C(=O)C(=O)OC(=O)C(=O)c1cc(C(=O)CCC)c(C)cc1NCC=C. The quantitative estimate of drug-likeness (QED) is 0.0884. The van der Waals surface area contributed by atoms with E-state index < -0.39 is 23.5 Å². The molecule has 9 heteroatoms. The molecule has 0 spiro atoms. The average molecular weight is 561 g/mol. The van der Waals surface area contributed by atoms with Crippen LogP contribution in [0.1, 0.15) is 92.1 Å². The van der Waals surface area contributed by atoms with E-state index in [4.69, 9.17) is 4.74 Å². The first-order valence-electron chi connectivity index (χ1n) is 13.4. The molecule has 0 atom stereocenters. The molecule has 0 saturated heterocycles. The number of hydrogen-bond acceptors (Lipinski definition) is 9. The van der Waals surface area contributed by atoms with E-state index in [9.17, 15) is 28.8 Å². The van der Waals surface area contributed by atoms with Crippen LogP contribution in [0.2, 0.25) is 0 Å². The summed E-state index contributed by atoms with van der Waals surface area (Å²) in [5, 5.41) is 5.88. The van der Waals surface area contributed by atoms with Crippen LogP contribution < -0.4 is 10.6 Å². The summed E-state index contributed by atoms with van der Waals surface area (Å²) >= 11 is 0. The minimum absolute atomic E-state index is 0.182. The molecule has 0 heterocycles. The number of carbonyl (C=O) groups excluding carboxylic acids is 6. The van der Waals surface area contributed by atoms with Crippen molar-refractivity contribution in [3.63, 3.8) is 0 Å². The standard InChI is InChI=1S/C32H36N2O7/c1-7-11-27(35)21-17-23(25(15-19(21)5)33-13-9-3)29(37)31(39)41-32(40)30(38)24-18-22(28(36)12-8-2)20(6)16-26(24)34-14-10-4/h9-10,15-18,33-34H,3-4,7-8,11-14H2,1-2,5-6H3.